The van der Waals surface area contributed by atoms with Crippen LogP contribution in [0.3, 0.4) is 0 Å². The number of benzene rings is 6. The van der Waals surface area contributed by atoms with Gasteiger partial charge in [-0.25, -0.2) is 15.0 Å². The number of hydrogen-bond donors (Lipinski definition) is 0. The summed E-state index contributed by atoms with van der Waals surface area (Å²) >= 11 is 0. The van der Waals surface area contributed by atoms with Gasteiger partial charge in [-0.05, 0) is 92.0 Å². The molecule has 1 aliphatic heterocycles. The minimum Gasteiger partial charge on any atom is -0.318 e. The second-order valence-electron chi connectivity index (χ2n) is 14.3. The fraction of sp³-hybridized carbons (Fsp3) is 0.0392. The average Bonchev–Trinajstić information content (AvgIpc) is 3.60. The van der Waals surface area contributed by atoms with Gasteiger partial charge in [0.2, 0.25) is 0 Å². The molecule has 0 amide bonds. The lowest BCUT2D eigenvalue weighted by molar-refractivity contribution is 0.743. The molecule has 258 valence electrons. The highest BCUT2D eigenvalue weighted by Crippen LogP contribution is 2.47. The minimum absolute atomic E-state index is 0.213. The first kappa shape index (κ1) is 31.4. The molecule has 2 atom stereocenters. The van der Waals surface area contributed by atoms with Gasteiger partial charge in [-0.15, -0.1) is 0 Å². The Labute approximate surface area is 319 Å². The SMILES string of the molecule is C1=CC2c3cccnc3N(c3ccc(-c4cccc(-c5cccc(-c6c7ccccc7c(-c7ccc8ccccc8c7)c7ccccc67)n5)n4)cc3)C2C=C1. The van der Waals surface area contributed by atoms with Crippen LogP contribution < -0.4 is 4.90 Å². The summed E-state index contributed by atoms with van der Waals surface area (Å²) < 4.78 is 0. The molecule has 0 N–H and O–H groups in total. The maximum Gasteiger partial charge on any atom is 0.137 e. The van der Waals surface area contributed by atoms with Crippen LogP contribution in [-0.4, -0.2) is 21.0 Å². The van der Waals surface area contributed by atoms with E-state index in [1.54, 1.807) is 0 Å². The Balaban J connectivity index is 0.977. The molecule has 0 saturated carbocycles. The highest BCUT2D eigenvalue weighted by Gasteiger charge is 2.38. The molecular weight excluding hydrogens is 669 g/mol. The van der Waals surface area contributed by atoms with E-state index in [0.717, 1.165) is 45.4 Å². The predicted octanol–water partition coefficient (Wildman–Crippen LogP) is 12.7. The molecule has 0 radical (unpaired) electrons. The molecular formula is C51H34N4. The summed E-state index contributed by atoms with van der Waals surface area (Å²) in [6.07, 6.45) is 10.7. The summed E-state index contributed by atoms with van der Waals surface area (Å²) in [6.45, 7) is 0. The van der Waals surface area contributed by atoms with Gasteiger partial charge in [-0.1, -0.05) is 140 Å². The van der Waals surface area contributed by atoms with Gasteiger partial charge in [0, 0.05) is 34.5 Å². The van der Waals surface area contributed by atoms with Gasteiger partial charge in [0.15, 0.2) is 0 Å². The van der Waals surface area contributed by atoms with Crippen molar-refractivity contribution in [3.05, 3.63) is 200 Å². The quantitative estimate of drug-likeness (QED) is 0.167. The zero-order chi connectivity index (χ0) is 36.3. The molecule has 9 aromatic rings. The molecule has 0 fully saturated rings. The predicted molar refractivity (Wildman–Crippen MR) is 227 cm³/mol. The first-order chi connectivity index (χ1) is 27.3. The standard InChI is InChI=1S/C51H34N4/c1-2-13-35-32-36(26-25-33(35)12-1)49-39-15-3-5-17-41(39)50(42-18-6-4-16-40(42)49)47-23-10-22-46(54-47)45-21-9-20-44(53-45)34-27-29-37(30-28-34)55-48-24-8-7-14-38(48)43-19-11-31-52-51(43)55/h1-32,38,48H. The van der Waals surface area contributed by atoms with Gasteiger partial charge in [-0.2, -0.15) is 0 Å². The van der Waals surface area contributed by atoms with Crippen molar-refractivity contribution in [2.24, 2.45) is 0 Å². The van der Waals surface area contributed by atoms with Crippen LogP contribution in [0.1, 0.15) is 11.5 Å². The second kappa shape index (κ2) is 12.8. The summed E-state index contributed by atoms with van der Waals surface area (Å²) in [5.74, 6) is 1.32. The van der Waals surface area contributed by atoms with Gasteiger partial charge in [-0.3, -0.25) is 0 Å². The van der Waals surface area contributed by atoms with E-state index < -0.39 is 0 Å². The summed E-state index contributed by atoms with van der Waals surface area (Å²) in [7, 11) is 0. The van der Waals surface area contributed by atoms with Gasteiger partial charge >= 0.3 is 0 Å². The Morgan fingerprint density at radius 3 is 1.78 bits per heavy atom. The van der Waals surface area contributed by atoms with E-state index in [1.807, 2.05) is 12.3 Å². The zero-order valence-corrected chi connectivity index (χ0v) is 29.9. The van der Waals surface area contributed by atoms with Crippen molar-refractivity contribution in [2.75, 3.05) is 4.90 Å². The Morgan fingerprint density at radius 2 is 1.04 bits per heavy atom. The number of nitrogens with zero attached hydrogens (tertiary/aromatic N) is 4. The second-order valence-corrected chi connectivity index (χ2v) is 14.3. The molecule has 0 spiro atoms. The van der Waals surface area contributed by atoms with E-state index in [9.17, 15) is 0 Å². The van der Waals surface area contributed by atoms with E-state index in [-0.39, 0.29) is 6.04 Å². The highest BCUT2D eigenvalue weighted by atomic mass is 15.2. The number of fused-ring (bicyclic) bond motifs is 6. The van der Waals surface area contributed by atoms with Crippen molar-refractivity contribution < 1.29 is 0 Å². The van der Waals surface area contributed by atoms with Crippen LogP contribution in [0.5, 0.6) is 0 Å². The number of allylic oxidation sites excluding steroid dienone is 2. The molecule has 1 aliphatic carbocycles. The average molecular weight is 703 g/mol. The Kier molecular flexibility index (Phi) is 7.27. The maximum absolute atomic E-state index is 5.33. The van der Waals surface area contributed by atoms with E-state index in [0.29, 0.717) is 5.92 Å². The van der Waals surface area contributed by atoms with Crippen LogP contribution in [0.2, 0.25) is 0 Å². The zero-order valence-electron chi connectivity index (χ0n) is 29.9. The monoisotopic (exact) mass is 702 g/mol. The van der Waals surface area contributed by atoms with Crippen LogP contribution in [0.25, 0.3) is 77.3 Å². The fourth-order valence-corrected chi connectivity index (χ4v) is 8.74. The van der Waals surface area contributed by atoms with Crippen molar-refractivity contribution in [1.82, 2.24) is 15.0 Å². The van der Waals surface area contributed by atoms with Crippen LogP contribution in [0.4, 0.5) is 11.5 Å². The van der Waals surface area contributed by atoms with E-state index in [1.165, 1.54) is 49.0 Å². The minimum atomic E-state index is 0.213. The first-order valence-electron chi connectivity index (χ1n) is 18.9. The molecule has 4 heterocycles. The third kappa shape index (κ3) is 5.18. The van der Waals surface area contributed by atoms with Crippen LogP contribution in [0, 0.1) is 0 Å². The largest absolute Gasteiger partial charge is 0.318 e. The molecule has 2 aliphatic rings. The molecule has 0 bridgehead atoms. The van der Waals surface area contributed by atoms with Crippen LogP contribution in [0.15, 0.2) is 194 Å². The number of hydrogen-bond acceptors (Lipinski definition) is 4. The maximum atomic E-state index is 5.33. The number of rotatable bonds is 5. The number of pyridine rings is 3. The fourth-order valence-electron chi connectivity index (χ4n) is 8.74. The Bertz CT molecular complexity index is 2960. The molecule has 3 aromatic heterocycles. The van der Waals surface area contributed by atoms with Crippen molar-refractivity contribution in [3.63, 3.8) is 0 Å². The summed E-state index contributed by atoms with van der Waals surface area (Å²) in [6, 6.07) is 58.5. The molecule has 11 rings (SSSR count). The van der Waals surface area contributed by atoms with Crippen molar-refractivity contribution in [1.29, 1.82) is 0 Å². The molecule has 6 aromatic carbocycles. The highest BCUT2D eigenvalue weighted by molar-refractivity contribution is 6.21. The number of anilines is 2. The van der Waals surface area contributed by atoms with E-state index in [4.69, 9.17) is 15.0 Å². The lowest BCUT2D eigenvalue weighted by atomic mass is 9.86. The summed E-state index contributed by atoms with van der Waals surface area (Å²) in [5, 5.41) is 7.25. The van der Waals surface area contributed by atoms with Crippen LogP contribution in [-0.2, 0) is 0 Å². The molecule has 2 unspecified atom stereocenters. The Morgan fingerprint density at radius 1 is 0.436 bits per heavy atom. The molecule has 0 saturated heterocycles. The van der Waals surface area contributed by atoms with E-state index >= 15 is 0 Å². The van der Waals surface area contributed by atoms with E-state index in [2.05, 4.69) is 187 Å². The number of aromatic nitrogens is 3. The topological polar surface area (TPSA) is 41.9 Å². The third-order valence-corrected chi connectivity index (χ3v) is 11.2. The molecule has 4 heteroatoms. The molecule has 4 nitrogen and oxygen atoms in total. The third-order valence-electron chi connectivity index (χ3n) is 11.2. The lowest BCUT2D eigenvalue weighted by Crippen LogP contribution is -2.28. The summed E-state index contributed by atoms with van der Waals surface area (Å²) in [4.78, 5) is 17.6. The summed E-state index contributed by atoms with van der Waals surface area (Å²) in [5.41, 5.74) is 10.5. The first-order valence-corrected chi connectivity index (χ1v) is 18.9. The van der Waals surface area contributed by atoms with Crippen molar-refractivity contribution >= 4 is 43.8 Å². The molecule has 55 heavy (non-hydrogen) atoms. The van der Waals surface area contributed by atoms with Crippen molar-refractivity contribution in [3.8, 4) is 45.0 Å². The van der Waals surface area contributed by atoms with Gasteiger partial charge in [0.25, 0.3) is 0 Å². The normalized spacial score (nSPS) is 15.8. The van der Waals surface area contributed by atoms with Gasteiger partial charge < -0.3 is 4.90 Å². The van der Waals surface area contributed by atoms with Crippen molar-refractivity contribution in [2.45, 2.75) is 12.0 Å². The van der Waals surface area contributed by atoms with Gasteiger partial charge in [0.05, 0.1) is 28.8 Å². The lowest BCUT2D eigenvalue weighted by Gasteiger charge is -2.28. The smallest absolute Gasteiger partial charge is 0.137 e. The van der Waals surface area contributed by atoms with Crippen LogP contribution >= 0.6 is 0 Å². The Hall–Kier alpha value is -7.17. The van der Waals surface area contributed by atoms with Gasteiger partial charge in [0.1, 0.15) is 5.82 Å².